The summed E-state index contributed by atoms with van der Waals surface area (Å²) >= 11 is 1.51. The van der Waals surface area contributed by atoms with Crippen LogP contribution in [0, 0.1) is 0 Å². The maximum Gasteiger partial charge on any atom is 0.532 e. The summed E-state index contributed by atoms with van der Waals surface area (Å²) in [5.74, 6) is 0. The maximum atomic E-state index is 13.0. The SMILES string of the molecule is O=C1N/[N+](=C(/c2ccccc2)c2cccs2)C(=O)N1c1ccccc1. The van der Waals surface area contributed by atoms with Gasteiger partial charge in [-0.05, 0) is 23.6 Å². The summed E-state index contributed by atoms with van der Waals surface area (Å²) in [6.07, 6.45) is 0. The zero-order valence-electron chi connectivity index (χ0n) is 13.1. The number of hydrazone groups is 1. The molecule has 0 bridgehead atoms. The van der Waals surface area contributed by atoms with E-state index in [-0.39, 0.29) is 0 Å². The number of hydrogen-bond donors (Lipinski definition) is 1. The molecule has 0 unspecified atom stereocenters. The van der Waals surface area contributed by atoms with Crippen LogP contribution >= 0.6 is 11.3 Å². The Kier molecular flexibility index (Phi) is 3.87. The van der Waals surface area contributed by atoms with Gasteiger partial charge in [-0.1, -0.05) is 59.3 Å². The van der Waals surface area contributed by atoms with E-state index in [2.05, 4.69) is 5.43 Å². The summed E-state index contributed by atoms with van der Waals surface area (Å²) in [5.41, 5.74) is 4.73. The Morgan fingerprint density at radius 2 is 1.56 bits per heavy atom. The topological polar surface area (TPSA) is 52.4 Å². The van der Waals surface area contributed by atoms with E-state index in [9.17, 15) is 9.59 Å². The van der Waals surface area contributed by atoms with Crippen LogP contribution in [0.3, 0.4) is 0 Å². The van der Waals surface area contributed by atoms with Gasteiger partial charge in [-0.25, -0.2) is 4.79 Å². The van der Waals surface area contributed by atoms with E-state index in [1.807, 2.05) is 53.9 Å². The molecule has 4 rings (SSSR count). The number of carbonyl (C=O) groups is 2. The minimum atomic E-state index is -0.471. The monoisotopic (exact) mass is 348 g/mol. The number of rotatable bonds is 3. The predicted molar refractivity (Wildman–Crippen MR) is 97.1 cm³/mol. The van der Waals surface area contributed by atoms with Crippen molar-refractivity contribution in [1.29, 1.82) is 0 Å². The Morgan fingerprint density at radius 1 is 0.880 bits per heavy atom. The van der Waals surface area contributed by atoms with Crippen LogP contribution in [-0.2, 0) is 0 Å². The maximum absolute atomic E-state index is 13.0. The Labute approximate surface area is 148 Å². The molecule has 6 heteroatoms. The molecule has 25 heavy (non-hydrogen) atoms. The number of hydrogen-bond acceptors (Lipinski definition) is 3. The lowest BCUT2D eigenvalue weighted by Crippen LogP contribution is -2.32. The third-order valence-electron chi connectivity index (χ3n) is 3.83. The molecule has 0 saturated carbocycles. The summed E-state index contributed by atoms with van der Waals surface area (Å²) < 4.78 is 1.32. The second-order valence-corrected chi connectivity index (χ2v) is 6.35. The number of carbonyl (C=O) groups excluding carboxylic acids is 2. The highest BCUT2D eigenvalue weighted by Gasteiger charge is 2.46. The van der Waals surface area contributed by atoms with E-state index < -0.39 is 12.1 Å². The van der Waals surface area contributed by atoms with Gasteiger partial charge in [-0.15, -0.1) is 21.7 Å². The molecule has 0 radical (unpaired) electrons. The van der Waals surface area contributed by atoms with Crippen LogP contribution in [0.4, 0.5) is 15.3 Å². The van der Waals surface area contributed by atoms with Crippen molar-refractivity contribution in [2.45, 2.75) is 0 Å². The van der Waals surface area contributed by atoms with Crippen molar-refractivity contribution in [3.8, 4) is 0 Å². The largest absolute Gasteiger partial charge is 0.532 e. The molecule has 4 amide bonds. The minimum Gasteiger partial charge on any atom is -0.216 e. The molecule has 122 valence electrons. The number of thiophene rings is 1. The van der Waals surface area contributed by atoms with Crippen molar-refractivity contribution in [2.24, 2.45) is 0 Å². The molecule has 0 aliphatic carbocycles. The van der Waals surface area contributed by atoms with Gasteiger partial charge in [0, 0.05) is 5.56 Å². The van der Waals surface area contributed by atoms with Crippen LogP contribution in [0.15, 0.2) is 78.2 Å². The fraction of sp³-hybridized carbons (Fsp3) is 0. The van der Waals surface area contributed by atoms with Crippen molar-refractivity contribution < 1.29 is 14.3 Å². The van der Waals surface area contributed by atoms with E-state index in [0.717, 1.165) is 15.3 Å². The van der Waals surface area contributed by atoms with Crippen LogP contribution in [0.5, 0.6) is 0 Å². The third-order valence-corrected chi connectivity index (χ3v) is 4.71. The lowest BCUT2D eigenvalue weighted by atomic mass is 10.1. The van der Waals surface area contributed by atoms with Gasteiger partial charge in [0.2, 0.25) is 0 Å². The van der Waals surface area contributed by atoms with Gasteiger partial charge in [0.25, 0.3) is 0 Å². The van der Waals surface area contributed by atoms with Gasteiger partial charge in [-0.3, -0.25) is 0 Å². The first-order chi connectivity index (χ1) is 12.3. The molecule has 1 N–H and O–H groups in total. The Hall–Kier alpha value is -3.25. The fourth-order valence-electron chi connectivity index (χ4n) is 2.73. The van der Waals surface area contributed by atoms with E-state index in [0.29, 0.717) is 11.4 Å². The van der Waals surface area contributed by atoms with Crippen molar-refractivity contribution in [1.82, 2.24) is 5.43 Å². The summed E-state index contributed by atoms with van der Waals surface area (Å²) in [5, 5.41) is 1.94. The Balaban J connectivity index is 1.87. The van der Waals surface area contributed by atoms with E-state index in [1.54, 1.807) is 24.3 Å². The number of urea groups is 2. The molecule has 2 heterocycles. The van der Waals surface area contributed by atoms with Crippen molar-refractivity contribution >= 4 is 34.8 Å². The number of para-hydroxylation sites is 1. The Morgan fingerprint density at radius 3 is 2.20 bits per heavy atom. The first-order valence-electron chi connectivity index (χ1n) is 7.72. The number of benzene rings is 2. The summed E-state index contributed by atoms with van der Waals surface area (Å²) in [7, 11) is 0. The summed E-state index contributed by atoms with van der Waals surface area (Å²) in [6, 6.07) is 21.4. The second kappa shape index (κ2) is 6.33. The molecule has 1 saturated heterocycles. The van der Waals surface area contributed by atoms with Gasteiger partial charge >= 0.3 is 12.1 Å². The van der Waals surface area contributed by atoms with Crippen molar-refractivity contribution in [3.63, 3.8) is 0 Å². The van der Waals surface area contributed by atoms with Crippen LogP contribution in [-0.4, -0.2) is 22.5 Å². The number of anilines is 1. The number of hydrazine groups is 1. The lowest BCUT2D eigenvalue weighted by molar-refractivity contribution is -0.462. The zero-order valence-corrected chi connectivity index (χ0v) is 13.9. The summed E-state index contributed by atoms with van der Waals surface area (Å²) in [4.78, 5) is 27.5. The standard InChI is InChI=1S/C19H13N3O2S/c23-18-20-22(19(24)21(18)15-10-5-2-6-11-15)17(16-12-7-13-25-16)14-8-3-1-4-9-14/h1-13H/p+1/b22-17-. The molecule has 3 aromatic rings. The molecule has 5 nitrogen and oxygen atoms in total. The van der Waals surface area contributed by atoms with Crippen LogP contribution in [0.25, 0.3) is 0 Å². The van der Waals surface area contributed by atoms with Gasteiger partial charge in [-0.2, -0.15) is 4.79 Å². The average Bonchev–Trinajstić information content (AvgIpc) is 3.26. The van der Waals surface area contributed by atoms with Gasteiger partial charge in [0.05, 0.1) is 4.88 Å². The summed E-state index contributed by atoms with van der Waals surface area (Å²) in [6.45, 7) is 0. The molecule has 1 aliphatic heterocycles. The minimum absolute atomic E-state index is 0.427. The van der Waals surface area contributed by atoms with Crippen molar-refractivity contribution in [2.75, 3.05) is 4.90 Å². The van der Waals surface area contributed by atoms with Gasteiger partial charge in [0.15, 0.2) is 5.71 Å². The highest BCUT2D eigenvalue weighted by Crippen LogP contribution is 2.21. The quantitative estimate of drug-likeness (QED) is 0.731. The van der Waals surface area contributed by atoms with Crippen molar-refractivity contribution in [3.05, 3.63) is 88.6 Å². The molecule has 1 aromatic heterocycles. The fourth-order valence-corrected chi connectivity index (χ4v) is 3.51. The molecule has 1 aliphatic rings. The zero-order chi connectivity index (χ0) is 17.2. The van der Waals surface area contributed by atoms with Crippen LogP contribution < -0.4 is 10.3 Å². The number of nitrogens with one attached hydrogen (secondary N) is 1. The molecule has 0 spiro atoms. The molecule has 2 aromatic carbocycles. The normalized spacial score (nSPS) is 16.1. The number of nitrogens with zero attached hydrogens (tertiary/aromatic N) is 2. The third kappa shape index (κ3) is 2.72. The average molecular weight is 348 g/mol. The number of imide groups is 1. The highest BCUT2D eigenvalue weighted by atomic mass is 32.1. The molecular weight excluding hydrogens is 334 g/mol. The smallest absolute Gasteiger partial charge is 0.216 e. The van der Waals surface area contributed by atoms with E-state index >= 15 is 0 Å². The number of amides is 4. The first kappa shape index (κ1) is 15.3. The molecule has 1 fully saturated rings. The van der Waals surface area contributed by atoms with Crippen LogP contribution in [0.1, 0.15) is 10.4 Å². The second-order valence-electron chi connectivity index (χ2n) is 5.40. The lowest BCUT2D eigenvalue weighted by Gasteiger charge is -2.05. The van der Waals surface area contributed by atoms with Gasteiger partial charge < -0.3 is 0 Å². The first-order valence-corrected chi connectivity index (χ1v) is 8.60. The van der Waals surface area contributed by atoms with Crippen LogP contribution in [0.2, 0.25) is 0 Å². The highest BCUT2D eigenvalue weighted by molar-refractivity contribution is 7.12. The van der Waals surface area contributed by atoms with Gasteiger partial charge in [0.1, 0.15) is 5.69 Å². The molecular formula is C19H14N3O2S+. The van der Waals surface area contributed by atoms with E-state index in [4.69, 9.17) is 0 Å². The van der Waals surface area contributed by atoms with E-state index in [1.165, 1.54) is 16.0 Å². The molecule has 0 atom stereocenters. The predicted octanol–water partition coefficient (Wildman–Crippen LogP) is 3.86. The Bertz CT molecular complexity index is 951.